The molecule has 1 rings (SSSR count). The molecule has 0 amide bonds. The minimum Gasteiger partial charge on any atom is -0.257 e. The van der Waals surface area contributed by atoms with Crippen LogP contribution in [0.2, 0.25) is 0 Å². The zero-order valence-corrected chi connectivity index (χ0v) is 7.35. The van der Waals surface area contributed by atoms with Gasteiger partial charge in [-0.25, -0.2) is 4.98 Å². The van der Waals surface area contributed by atoms with Gasteiger partial charge >= 0.3 is 6.18 Å². The van der Waals surface area contributed by atoms with Gasteiger partial charge in [-0.1, -0.05) is 15.9 Å². The van der Waals surface area contributed by atoms with Crippen LogP contribution in [0.4, 0.5) is 13.2 Å². The first-order valence-electron chi connectivity index (χ1n) is 2.98. The third-order valence-corrected chi connectivity index (χ3v) is 1.71. The lowest BCUT2D eigenvalue weighted by atomic mass is 10.4. The van der Waals surface area contributed by atoms with E-state index in [4.69, 9.17) is 0 Å². The van der Waals surface area contributed by atoms with E-state index in [2.05, 4.69) is 25.9 Å². The summed E-state index contributed by atoms with van der Waals surface area (Å²) in [5.41, 5.74) is -0.491. The van der Waals surface area contributed by atoms with Crippen LogP contribution in [0.15, 0.2) is 12.4 Å². The Morgan fingerprint density at radius 1 is 1.25 bits per heavy atom. The molecule has 1 aromatic heterocycles. The lowest BCUT2D eigenvalue weighted by Crippen LogP contribution is -2.08. The van der Waals surface area contributed by atoms with Crippen molar-refractivity contribution in [2.75, 3.05) is 0 Å². The van der Waals surface area contributed by atoms with Crippen molar-refractivity contribution in [3.05, 3.63) is 23.8 Å². The second-order valence-corrected chi connectivity index (χ2v) is 2.59. The lowest BCUT2D eigenvalue weighted by molar-refractivity contribution is -0.141. The zero-order chi connectivity index (χ0) is 9.19. The third kappa shape index (κ3) is 2.17. The van der Waals surface area contributed by atoms with Crippen molar-refractivity contribution in [3.63, 3.8) is 0 Å². The van der Waals surface area contributed by atoms with E-state index in [-0.39, 0.29) is 0 Å². The number of aromatic nitrogens is 2. The molecule has 0 unspecified atom stereocenters. The molecule has 0 saturated heterocycles. The maximum Gasteiger partial charge on any atom is 0.434 e. The van der Waals surface area contributed by atoms with Crippen LogP contribution >= 0.6 is 15.9 Å². The molecular weight excluding hydrogens is 237 g/mol. The van der Waals surface area contributed by atoms with Gasteiger partial charge in [0.25, 0.3) is 0 Å². The molecule has 1 aromatic rings. The van der Waals surface area contributed by atoms with Crippen LogP contribution in [0.25, 0.3) is 0 Å². The van der Waals surface area contributed by atoms with Crippen LogP contribution < -0.4 is 0 Å². The molecule has 6 heteroatoms. The fraction of sp³-hybridized carbons (Fsp3) is 0.333. The predicted molar refractivity (Wildman–Crippen MR) is 39.7 cm³/mol. The summed E-state index contributed by atoms with van der Waals surface area (Å²) in [6.07, 6.45) is -2.59. The molecule has 0 bridgehead atoms. The van der Waals surface area contributed by atoms with E-state index in [1.54, 1.807) is 0 Å². The smallest absolute Gasteiger partial charge is 0.257 e. The molecule has 0 N–H and O–H groups in total. The van der Waals surface area contributed by atoms with Crippen molar-refractivity contribution in [3.8, 4) is 0 Å². The van der Waals surface area contributed by atoms with Crippen molar-refractivity contribution in [1.29, 1.82) is 0 Å². The molecule has 0 fully saturated rings. The zero-order valence-electron chi connectivity index (χ0n) is 5.77. The Labute approximate surface area is 75.0 Å². The summed E-state index contributed by atoms with van der Waals surface area (Å²) in [4.78, 5) is 6.74. The lowest BCUT2D eigenvalue weighted by Gasteiger charge is -2.03. The number of alkyl halides is 4. The molecule has 0 aliphatic rings. The van der Waals surface area contributed by atoms with Crippen molar-refractivity contribution >= 4 is 15.9 Å². The van der Waals surface area contributed by atoms with E-state index in [1.807, 2.05) is 0 Å². The Morgan fingerprint density at radius 2 is 1.92 bits per heavy atom. The summed E-state index contributed by atoms with van der Waals surface area (Å²) in [6, 6.07) is 0. The highest BCUT2D eigenvalue weighted by atomic mass is 79.9. The van der Waals surface area contributed by atoms with Crippen LogP contribution in [0.3, 0.4) is 0 Å². The highest BCUT2D eigenvalue weighted by molar-refractivity contribution is 9.08. The molecule has 2 nitrogen and oxygen atoms in total. The van der Waals surface area contributed by atoms with Gasteiger partial charge < -0.3 is 0 Å². The van der Waals surface area contributed by atoms with Crippen LogP contribution in [0.1, 0.15) is 11.4 Å². The second-order valence-electron chi connectivity index (χ2n) is 2.02. The minimum atomic E-state index is -4.40. The molecule has 0 aromatic carbocycles. The van der Waals surface area contributed by atoms with E-state index in [9.17, 15) is 13.2 Å². The summed E-state index contributed by atoms with van der Waals surface area (Å²) < 4.78 is 35.7. The number of rotatable bonds is 1. The van der Waals surface area contributed by atoms with Gasteiger partial charge in [0, 0.05) is 11.5 Å². The van der Waals surface area contributed by atoms with Crippen molar-refractivity contribution < 1.29 is 13.2 Å². The van der Waals surface area contributed by atoms with Gasteiger partial charge in [-0.15, -0.1) is 0 Å². The van der Waals surface area contributed by atoms with E-state index in [0.29, 0.717) is 11.0 Å². The molecule has 12 heavy (non-hydrogen) atoms. The Kier molecular flexibility index (Phi) is 2.66. The first-order valence-corrected chi connectivity index (χ1v) is 4.10. The molecule has 0 spiro atoms. The fourth-order valence-corrected chi connectivity index (χ4v) is 0.860. The molecule has 66 valence electrons. The first-order chi connectivity index (χ1) is 5.54. The average Bonchev–Trinajstić information content (AvgIpc) is 2.03. The highest BCUT2D eigenvalue weighted by Crippen LogP contribution is 2.26. The summed E-state index contributed by atoms with van der Waals surface area (Å²) in [5, 5.41) is 0.401. The maximum absolute atomic E-state index is 11.9. The van der Waals surface area contributed by atoms with Crippen molar-refractivity contribution in [2.24, 2.45) is 0 Å². The van der Waals surface area contributed by atoms with E-state index in [0.717, 1.165) is 12.4 Å². The topological polar surface area (TPSA) is 25.8 Å². The van der Waals surface area contributed by atoms with Crippen LogP contribution in [0.5, 0.6) is 0 Å². The van der Waals surface area contributed by atoms with Gasteiger partial charge in [-0.05, 0) is 0 Å². The number of hydrogen-bond donors (Lipinski definition) is 0. The molecular formula is C6H4BrF3N2. The molecule has 0 aliphatic heterocycles. The maximum atomic E-state index is 11.9. The van der Waals surface area contributed by atoms with Crippen LogP contribution in [-0.4, -0.2) is 9.97 Å². The summed E-state index contributed by atoms with van der Waals surface area (Å²) in [5.74, 6) is 0. The third-order valence-electron chi connectivity index (χ3n) is 1.13. The molecule has 0 radical (unpaired) electrons. The summed E-state index contributed by atoms with van der Waals surface area (Å²) in [7, 11) is 0. The van der Waals surface area contributed by atoms with Gasteiger partial charge in [0.15, 0.2) is 5.69 Å². The van der Waals surface area contributed by atoms with Gasteiger partial charge in [0.2, 0.25) is 0 Å². The van der Waals surface area contributed by atoms with Gasteiger partial charge in [-0.3, -0.25) is 4.98 Å². The number of halogens is 4. The van der Waals surface area contributed by atoms with E-state index >= 15 is 0 Å². The first kappa shape index (κ1) is 9.44. The highest BCUT2D eigenvalue weighted by Gasteiger charge is 2.32. The Morgan fingerprint density at radius 3 is 2.25 bits per heavy atom. The summed E-state index contributed by atoms with van der Waals surface area (Å²) in [6.45, 7) is 0. The van der Waals surface area contributed by atoms with E-state index in [1.165, 1.54) is 0 Å². The SMILES string of the molecule is FC(F)(F)c1cnc(CBr)cn1. The fourth-order valence-electron chi connectivity index (χ4n) is 0.570. The monoisotopic (exact) mass is 240 g/mol. The normalized spacial score (nSPS) is 11.7. The molecule has 0 aliphatic carbocycles. The van der Waals surface area contributed by atoms with Crippen LogP contribution in [-0.2, 0) is 11.5 Å². The van der Waals surface area contributed by atoms with Crippen LogP contribution in [0, 0.1) is 0 Å². The standard InChI is InChI=1S/C6H4BrF3N2/c7-1-4-2-12-5(3-11-4)6(8,9)10/h2-3H,1H2. The second kappa shape index (κ2) is 3.38. The molecule has 0 saturated carbocycles. The molecule has 1 heterocycles. The average molecular weight is 241 g/mol. The van der Waals surface area contributed by atoms with Gasteiger partial charge in [-0.2, -0.15) is 13.2 Å². The van der Waals surface area contributed by atoms with Crippen molar-refractivity contribution in [1.82, 2.24) is 9.97 Å². The Bertz CT molecular complexity index is 256. The quantitative estimate of drug-likeness (QED) is 0.705. The molecule has 0 atom stereocenters. The van der Waals surface area contributed by atoms with Crippen molar-refractivity contribution in [2.45, 2.75) is 11.5 Å². The summed E-state index contributed by atoms with van der Waals surface area (Å²) >= 11 is 3.05. The Hall–Kier alpha value is -0.650. The minimum absolute atomic E-state index is 0.401. The Balaban J connectivity index is 2.93. The number of hydrogen-bond acceptors (Lipinski definition) is 2. The predicted octanol–water partition coefficient (Wildman–Crippen LogP) is 2.39. The number of nitrogens with zero attached hydrogens (tertiary/aromatic N) is 2. The van der Waals surface area contributed by atoms with Gasteiger partial charge in [0.1, 0.15) is 0 Å². The van der Waals surface area contributed by atoms with E-state index < -0.39 is 11.9 Å². The van der Waals surface area contributed by atoms with Gasteiger partial charge in [0.05, 0.1) is 11.9 Å². The largest absolute Gasteiger partial charge is 0.434 e.